The molecule has 25 heavy (non-hydrogen) atoms. The highest BCUT2D eigenvalue weighted by Crippen LogP contribution is 2.19. The molecule has 0 aliphatic heterocycles. The second kappa shape index (κ2) is 7.25. The number of rotatable bonds is 5. The van der Waals surface area contributed by atoms with E-state index in [1.165, 1.54) is 5.56 Å². The minimum atomic E-state index is -0.380. The summed E-state index contributed by atoms with van der Waals surface area (Å²) < 4.78 is 6.85. The van der Waals surface area contributed by atoms with Crippen LogP contribution in [0.2, 0.25) is 0 Å². The van der Waals surface area contributed by atoms with Crippen molar-refractivity contribution in [3.63, 3.8) is 0 Å². The highest BCUT2D eigenvalue weighted by Gasteiger charge is 2.10. The molecule has 130 valence electrons. The topological polar surface area (TPSA) is 76.3 Å². The lowest BCUT2D eigenvalue weighted by atomic mass is 10.1. The quantitative estimate of drug-likeness (QED) is 0.731. The number of anilines is 2. The van der Waals surface area contributed by atoms with Crippen LogP contribution in [-0.2, 0) is 13.0 Å². The van der Waals surface area contributed by atoms with E-state index in [-0.39, 0.29) is 11.8 Å². The number of carbonyl (C=O) groups is 1. The third kappa shape index (κ3) is 3.74. The van der Waals surface area contributed by atoms with Crippen molar-refractivity contribution >= 4 is 28.5 Å². The van der Waals surface area contributed by atoms with E-state index in [1.807, 2.05) is 31.2 Å². The summed E-state index contributed by atoms with van der Waals surface area (Å²) in [5.41, 5.74) is 3.68. The summed E-state index contributed by atoms with van der Waals surface area (Å²) in [5, 5.41) is 5.53. The summed E-state index contributed by atoms with van der Waals surface area (Å²) in [6.07, 6.45) is 1.79. The summed E-state index contributed by atoms with van der Waals surface area (Å²) in [5.74, 6) is -0.380. The minimum Gasteiger partial charge on any atom is -0.408 e. The number of oxazole rings is 1. The predicted molar refractivity (Wildman–Crippen MR) is 99.2 cm³/mol. The first kappa shape index (κ1) is 16.8. The van der Waals surface area contributed by atoms with Gasteiger partial charge in [-0.2, -0.15) is 0 Å². The van der Waals surface area contributed by atoms with Crippen molar-refractivity contribution in [2.45, 2.75) is 33.2 Å². The van der Waals surface area contributed by atoms with E-state index in [0.29, 0.717) is 17.8 Å². The standard InChI is InChI=1S/C19H21N3O3/c1-3-11-22-16-10-9-15(12-17(16)25-19(22)24)21-18(23)20-14-7-5-13(4-2)6-8-14/h5-10,12H,3-4,11H2,1-2H3,(H2,20,21,23). The molecule has 0 atom stereocenters. The average molecular weight is 339 g/mol. The molecule has 0 spiro atoms. The predicted octanol–water partition coefficient (Wildman–Crippen LogP) is 4.21. The van der Waals surface area contributed by atoms with Crippen LogP contribution in [0.4, 0.5) is 16.2 Å². The first-order valence-electron chi connectivity index (χ1n) is 8.41. The number of urea groups is 1. The lowest BCUT2D eigenvalue weighted by Gasteiger charge is -2.08. The monoisotopic (exact) mass is 339 g/mol. The van der Waals surface area contributed by atoms with Gasteiger partial charge in [0.25, 0.3) is 0 Å². The zero-order valence-corrected chi connectivity index (χ0v) is 14.3. The number of hydrogen-bond acceptors (Lipinski definition) is 3. The van der Waals surface area contributed by atoms with Gasteiger partial charge in [0.15, 0.2) is 5.58 Å². The van der Waals surface area contributed by atoms with E-state index < -0.39 is 0 Å². The summed E-state index contributed by atoms with van der Waals surface area (Å²) in [6.45, 7) is 4.68. The maximum absolute atomic E-state index is 12.1. The molecule has 0 saturated heterocycles. The normalized spacial score (nSPS) is 10.8. The van der Waals surface area contributed by atoms with Crippen molar-refractivity contribution in [3.05, 3.63) is 58.6 Å². The average Bonchev–Trinajstić information content (AvgIpc) is 2.91. The van der Waals surface area contributed by atoms with Crippen molar-refractivity contribution in [3.8, 4) is 0 Å². The second-order valence-corrected chi connectivity index (χ2v) is 5.83. The summed E-state index contributed by atoms with van der Waals surface area (Å²) in [4.78, 5) is 24.0. The largest absolute Gasteiger partial charge is 0.419 e. The van der Waals surface area contributed by atoms with Crippen LogP contribution >= 0.6 is 0 Å². The molecule has 1 aromatic heterocycles. The maximum Gasteiger partial charge on any atom is 0.419 e. The number of aryl methyl sites for hydroxylation is 2. The van der Waals surface area contributed by atoms with Gasteiger partial charge in [0.1, 0.15) is 0 Å². The van der Waals surface area contributed by atoms with Crippen LogP contribution in [0.25, 0.3) is 11.1 Å². The fraction of sp³-hybridized carbons (Fsp3) is 0.263. The van der Waals surface area contributed by atoms with Gasteiger partial charge in [-0.05, 0) is 42.7 Å². The number of fused-ring (bicyclic) bond motifs is 1. The Hall–Kier alpha value is -3.02. The van der Waals surface area contributed by atoms with Gasteiger partial charge in [-0.1, -0.05) is 26.0 Å². The van der Waals surface area contributed by atoms with Crippen molar-refractivity contribution < 1.29 is 9.21 Å². The summed E-state index contributed by atoms with van der Waals surface area (Å²) in [7, 11) is 0. The number of hydrogen-bond donors (Lipinski definition) is 2. The first-order chi connectivity index (χ1) is 12.1. The number of nitrogens with zero attached hydrogens (tertiary/aromatic N) is 1. The highest BCUT2D eigenvalue weighted by molar-refractivity contribution is 6.00. The van der Waals surface area contributed by atoms with E-state index in [4.69, 9.17) is 4.42 Å². The Balaban J connectivity index is 1.73. The molecule has 2 aromatic carbocycles. The SMILES string of the molecule is CCCn1c(=O)oc2cc(NC(=O)Nc3ccc(CC)cc3)ccc21. The van der Waals surface area contributed by atoms with Crippen LogP contribution in [0.15, 0.2) is 51.7 Å². The lowest BCUT2D eigenvalue weighted by molar-refractivity contribution is 0.262. The van der Waals surface area contributed by atoms with Crippen molar-refractivity contribution in [2.24, 2.45) is 0 Å². The molecule has 2 amide bonds. The van der Waals surface area contributed by atoms with E-state index in [2.05, 4.69) is 17.6 Å². The Morgan fingerprint density at radius 1 is 1.04 bits per heavy atom. The number of carbonyl (C=O) groups excluding carboxylic acids is 1. The van der Waals surface area contributed by atoms with Gasteiger partial charge in [-0.25, -0.2) is 9.59 Å². The van der Waals surface area contributed by atoms with Crippen molar-refractivity contribution in [1.82, 2.24) is 4.57 Å². The van der Waals surface area contributed by atoms with E-state index in [0.717, 1.165) is 24.0 Å². The lowest BCUT2D eigenvalue weighted by Crippen LogP contribution is -2.19. The molecule has 0 saturated carbocycles. The molecule has 0 bridgehead atoms. The van der Waals surface area contributed by atoms with Crippen LogP contribution in [-0.4, -0.2) is 10.6 Å². The number of nitrogens with one attached hydrogen (secondary N) is 2. The molecule has 1 heterocycles. The third-order valence-electron chi connectivity index (χ3n) is 3.99. The van der Waals surface area contributed by atoms with E-state index in [1.54, 1.807) is 22.8 Å². The summed E-state index contributed by atoms with van der Waals surface area (Å²) in [6, 6.07) is 12.5. The Labute approximate surface area is 145 Å². The molecule has 3 rings (SSSR count). The molecule has 0 unspecified atom stereocenters. The molecule has 2 N–H and O–H groups in total. The van der Waals surface area contributed by atoms with Gasteiger partial charge < -0.3 is 15.1 Å². The number of amides is 2. The second-order valence-electron chi connectivity index (χ2n) is 5.83. The molecule has 3 aromatic rings. The fourth-order valence-corrected chi connectivity index (χ4v) is 2.70. The number of benzene rings is 2. The molecular formula is C19H21N3O3. The van der Waals surface area contributed by atoms with Crippen molar-refractivity contribution in [2.75, 3.05) is 10.6 Å². The third-order valence-corrected chi connectivity index (χ3v) is 3.99. The molecular weight excluding hydrogens is 318 g/mol. The minimum absolute atomic E-state index is 0.348. The Bertz CT molecular complexity index is 939. The van der Waals surface area contributed by atoms with Crippen LogP contribution in [0.3, 0.4) is 0 Å². The Morgan fingerprint density at radius 3 is 2.40 bits per heavy atom. The van der Waals surface area contributed by atoms with E-state index >= 15 is 0 Å². The van der Waals surface area contributed by atoms with Gasteiger partial charge >= 0.3 is 11.8 Å². The molecule has 0 radical (unpaired) electrons. The molecule has 0 fully saturated rings. The maximum atomic E-state index is 12.1. The smallest absolute Gasteiger partial charge is 0.408 e. The van der Waals surface area contributed by atoms with Gasteiger partial charge in [0.05, 0.1) is 5.52 Å². The van der Waals surface area contributed by atoms with Crippen molar-refractivity contribution in [1.29, 1.82) is 0 Å². The summed E-state index contributed by atoms with van der Waals surface area (Å²) >= 11 is 0. The van der Waals surface area contributed by atoms with Crippen LogP contribution in [0.5, 0.6) is 0 Å². The van der Waals surface area contributed by atoms with Gasteiger partial charge in [0, 0.05) is 24.0 Å². The molecule has 6 heteroatoms. The molecule has 0 aliphatic carbocycles. The number of aromatic nitrogens is 1. The Morgan fingerprint density at radius 2 is 1.72 bits per heavy atom. The molecule has 0 aliphatic rings. The van der Waals surface area contributed by atoms with Gasteiger partial charge in [-0.3, -0.25) is 4.57 Å². The first-order valence-corrected chi connectivity index (χ1v) is 8.41. The molecule has 6 nitrogen and oxygen atoms in total. The zero-order chi connectivity index (χ0) is 17.8. The van der Waals surface area contributed by atoms with Crippen LogP contribution in [0.1, 0.15) is 25.8 Å². The highest BCUT2D eigenvalue weighted by atomic mass is 16.4. The van der Waals surface area contributed by atoms with Crippen LogP contribution < -0.4 is 16.4 Å². The Kier molecular flexibility index (Phi) is 4.88. The zero-order valence-electron chi connectivity index (χ0n) is 14.3. The fourth-order valence-electron chi connectivity index (χ4n) is 2.70. The van der Waals surface area contributed by atoms with Gasteiger partial charge in [0.2, 0.25) is 0 Å². The van der Waals surface area contributed by atoms with Gasteiger partial charge in [-0.15, -0.1) is 0 Å². The van der Waals surface area contributed by atoms with Crippen LogP contribution in [0, 0.1) is 0 Å². The van der Waals surface area contributed by atoms with E-state index in [9.17, 15) is 9.59 Å².